The summed E-state index contributed by atoms with van der Waals surface area (Å²) in [5.41, 5.74) is 0.763. The maximum Gasteiger partial charge on any atom is 0.238 e. The van der Waals surface area contributed by atoms with Gasteiger partial charge >= 0.3 is 0 Å². The Morgan fingerprint density at radius 2 is 1.75 bits per heavy atom. The van der Waals surface area contributed by atoms with Crippen molar-refractivity contribution in [1.82, 2.24) is 0 Å². The summed E-state index contributed by atoms with van der Waals surface area (Å²) in [4.78, 5) is 15.1. The van der Waals surface area contributed by atoms with Crippen molar-refractivity contribution in [3.63, 3.8) is 0 Å². The summed E-state index contributed by atoms with van der Waals surface area (Å²) in [6.45, 7) is -0.609. The molecule has 2 aliphatic rings. The predicted molar refractivity (Wildman–Crippen MR) is 101 cm³/mol. The van der Waals surface area contributed by atoms with Gasteiger partial charge in [0.1, 0.15) is 17.7 Å². The van der Waals surface area contributed by atoms with Gasteiger partial charge in [0, 0.05) is 0 Å². The molecule has 0 bridgehead atoms. The van der Waals surface area contributed by atoms with E-state index in [1.807, 2.05) is 0 Å². The first-order chi connectivity index (χ1) is 13.5. The van der Waals surface area contributed by atoms with Crippen LogP contribution in [0.5, 0.6) is 0 Å². The van der Waals surface area contributed by atoms with Crippen molar-refractivity contribution in [2.45, 2.75) is 49.7 Å². The molecule has 0 unspecified atom stereocenters. The van der Waals surface area contributed by atoms with Crippen LogP contribution >= 0.6 is 0 Å². The van der Waals surface area contributed by atoms with Crippen LogP contribution in [0, 0.1) is 11.6 Å². The van der Waals surface area contributed by atoms with Crippen LogP contribution in [-0.4, -0.2) is 28.8 Å². The highest BCUT2D eigenvalue weighted by Crippen LogP contribution is 2.53. The van der Waals surface area contributed by atoms with E-state index in [0.717, 1.165) is 24.8 Å². The molecule has 2 atom stereocenters. The van der Waals surface area contributed by atoms with Gasteiger partial charge in [-0.1, -0.05) is 37.5 Å². The van der Waals surface area contributed by atoms with Crippen LogP contribution in [0.1, 0.15) is 49.3 Å². The number of hydrogen-bond donors (Lipinski definition) is 2. The van der Waals surface area contributed by atoms with E-state index >= 15 is 0 Å². The molecule has 1 saturated carbocycles. The van der Waals surface area contributed by atoms with Crippen molar-refractivity contribution in [2.24, 2.45) is 0 Å². The standard InChI is InChI=1S/C22H23F2NO3/c23-15-6-4-5-14(11-15)20(19(27)13-26)25-18-12-16(24)7-8-17(18)22(21(25)28)9-2-1-3-10-22/h4-8,11-12,19-20,26-27H,1-3,9-10,13H2/t19-,20+/m1/s1. The van der Waals surface area contributed by atoms with E-state index in [0.29, 0.717) is 24.1 Å². The van der Waals surface area contributed by atoms with E-state index in [9.17, 15) is 23.8 Å². The van der Waals surface area contributed by atoms with Gasteiger partial charge in [-0.25, -0.2) is 8.78 Å². The number of halogens is 2. The molecule has 1 aliphatic heterocycles. The van der Waals surface area contributed by atoms with Crippen molar-refractivity contribution < 1.29 is 23.8 Å². The Morgan fingerprint density at radius 3 is 2.43 bits per heavy atom. The quantitative estimate of drug-likeness (QED) is 0.843. The molecule has 2 N–H and O–H groups in total. The van der Waals surface area contributed by atoms with E-state index in [2.05, 4.69) is 0 Å². The molecule has 4 nitrogen and oxygen atoms in total. The highest BCUT2D eigenvalue weighted by Gasteiger charge is 2.53. The van der Waals surface area contributed by atoms with Gasteiger partial charge in [0.2, 0.25) is 5.91 Å². The number of aliphatic hydroxyl groups is 2. The fourth-order valence-electron chi connectivity index (χ4n) is 4.81. The second kappa shape index (κ2) is 7.26. The third-order valence-electron chi connectivity index (χ3n) is 6.09. The first kappa shape index (κ1) is 19.0. The zero-order chi connectivity index (χ0) is 19.9. The van der Waals surface area contributed by atoms with Crippen molar-refractivity contribution in [3.05, 3.63) is 65.2 Å². The third kappa shape index (κ3) is 2.91. The summed E-state index contributed by atoms with van der Waals surface area (Å²) in [5, 5.41) is 20.2. The highest BCUT2D eigenvalue weighted by atomic mass is 19.1. The van der Waals surface area contributed by atoms with Gasteiger partial charge in [-0.3, -0.25) is 4.79 Å². The molecule has 2 aromatic carbocycles. The SMILES string of the molecule is O=C1N([C@@H](c2cccc(F)c2)[C@H](O)CO)c2cc(F)ccc2C12CCCCC2. The normalized spacial score (nSPS) is 20.3. The Hall–Kier alpha value is -2.31. The van der Waals surface area contributed by atoms with Gasteiger partial charge in [0.25, 0.3) is 0 Å². The first-order valence-electron chi connectivity index (χ1n) is 9.66. The second-order valence-electron chi connectivity index (χ2n) is 7.73. The molecule has 1 heterocycles. The molecule has 1 aliphatic carbocycles. The number of fused-ring (bicyclic) bond motifs is 2. The van der Waals surface area contributed by atoms with Gasteiger partial charge in [0.15, 0.2) is 0 Å². The Morgan fingerprint density at radius 1 is 1.04 bits per heavy atom. The maximum atomic E-state index is 14.1. The maximum absolute atomic E-state index is 14.1. The summed E-state index contributed by atoms with van der Waals surface area (Å²) in [7, 11) is 0. The fourth-order valence-corrected chi connectivity index (χ4v) is 4.81. The molecule has 0 saturated heterocycles. The summed E-state index contributed by atoms with van der Waals surface area (Å²) in [5.74, 6) is -1.21. The largest absolute Gasteiger partial charge is 0.394 e. The number of hydrogen-bond acceptors (Lipinski definition) is 3. The fraction of sp³-hybridized carbons (Fsp3) is 0.409. The summed E-state index contributed by atoms with van der Waals surface area (Å²) < 4.78 is 28.0. The van der Waals surface area contributed by atoms with Gasteiger partial charge in [-0.2, -0.15) is 0 Å². The van der Waals surface area contributed by atoms with Crippen LogP contribution in [0.25, 0.3) is 0 Å². The monoisotopic (exact) mass is 387 g/mol. The molecule has 0 aromatic heterocycles. The number of rotatable bonds is 4. The summed E-state index contributed by atoms with van der Waals surface area (Å²) in [6, 6.07) is 8.90. The number of amides is 1. The smallest absolute Gasteiger partial charge is 0.238 e. The Labute approximate surface area is 162 Å². The molecule has 1 spiro atoms. The molecule has 4 rings (SSSR count). The molecule has 148 valence electrons. The van der Waals surface area contributed by atoms with E-state index in [1.165, 1.54) is 35.2 Å². The Kier molecular flexibility index (Phi) is 4.93. The van der Waals surface area contributed by atoms with E-state index in [-0.39, 0.29) is 5.91 Å². The third-order valence-corrected chi connectivity index (χ3v) is 6.09. The lowest BCUT2D eigenvalue weighted by molar-refractivity contribution is -0.125. The first-order valence-corrected chi connectivity index (χ1v) is 9.66. The molecule has 1 fully saturated rings. The second-order valence-corrected chi connectivity index (χ2v) is 7.73. The summed E-state index contributed by atoms with van der Waals surface area (Å²) in [6.07, 6.45) is 2.81. The van der Waals surface area contributed by atoms with E-state index in [4.69, 9.17) is 0 Å². The zero-order valence-corrected chi connectivity index (χ0v) is 15.4. The number of carbonyl (C=O) groups is 1. The molecule has 2 aromatic rings. The number of aliphatic hydroxyl groups excluding tert-OH is 2. The Balaban J connectivity index is 1.89. The molecular formula is C22H23F2NO3. The van der Waals surface area contributed by atoms with Crippen LogP contribution in [0.3, 0.4) is 0 Å². The minimum atomic E-state index is -1.33. The highest BCUT2D eigenvalue weighted by molar-refractivity contribution is 6.08. The van der Waals surface area contributed by atoms with E-state index < -0.39 is 35.8 Å². The minimum absolute atomic E-state index is 0.213. The van der Waals surface area contributed by atoms with Crippen molar-refractivity contribution in [2.75, 3.05) is 11.5 Å². The molecule has 1 amide bonds. The van der Waals surface area contributed by atoms with Gasteiger partial charge in [-0.15, -0.1) is 0 Å². The number of benzene rings is 2. The average molecular weight is 387 g/mol. The van der Waals surface area contributed by atoms with Crippen molar-refractivity contribution in [3.8, 4) is 0 Å². The van der Waals surface area contributed by atoms with Crippen LogP contribution in [0.15, 0.2) is 42.5 Å². The van der Waals surface area contributed by atoms with Gasteiger partial charge in [0.05, 0.1) is 23.8 Å². The van der Waals surface area contributed by atoms with Crippen LogP contribution in [-0.2, 0) is 10.2 Å². The van der Waals surface area contributed by atoms with Crippen LogP contribution < -0.4 is 4.90 Å². The Bertz CT molecular complexity index is 895. The lowest BCUT2D eigenvalue weighted by atomic mass is 9.70. The van der Waals surface area contributed by atoms with Gasteiger partial charge < -0.3 is 15.1 Å². The number of nitrogens with zero attached hydrogens (tertiary/aromatic N) is 1. The van der Waals surface area contributed by atoms with Crippen LogP contribution in [0.2, 0.25) is 0 Å². The van der Waals surface area contributed by atoms with Gasteiger partial charge in [-0.05, 0) is 48.2 Å². The summed E-state index contributed by atoms with van der Waals surface area (Å²) >= 11 is 0. The zero-order valence-electron chi connectivity index (χ0n) is 15.4. The van der Waals surface area contributed by atoms with Crippen molar-refractivity contribution >= 4 is 11.6 Å². The topological polar surface area (TPSA) is 60.8 Å². The lowest BCUT2D eigenvalue weighted by Gasteiger charge is -2.36. The van der Waals surface area contributed by atoms with Crippen molar-refractivity contribution in [1.29, 1.82) is 0 Å². The number of carbonyl (C=O) groups excluding carboxylic acids is 1. The molecule has 0 radical (unpaired) electrons. The van der Waals surface area contributed by atoms with E-state index in [1.54, 1.807) is 12.1 Å². The molecular weight excluding hydrogens is 364 g/mol. The average Bonchev–Trinajstić information content (AvgIpc) is 2.91. The number of anilines is 1. The van der Waals surface area contributed by atoms with Crippen LogP contribution in [0.4, 0.5) is 14.5 Å². The predicted octanol–water partition coefficient (Wildman–Crippen LogP) is 3.61. The lowest BCUT2D eigenvalue weighted by Crippen LogP contribution is -2.46. The molecule has 6 heteroatoms. The molecule has 28 heavy (non-hydrogen) atoms. The minimum Gasteiger partial charge on any atom is -0.394 e.